The molecule has 0 saturated heterocycles. The fourth-order valence-electron chi connectivity index (χ4n) is 2.06. The van der Waals surface area contributed by atoms with Crippen LogP contribution in [0.3, 0.4) is 0 Å². The Kier molecular flexibility index (Phi) is 5.77. The molecule has 1 atom stereocenters. The van der Waals surface area contributed by atoms with E-state index >= 15 is 0 Å². The maximum Gasteiger partial charge on any atom is 0.286 e. The molecule has 0 aliphatic carbocycles. The third-order valence-corrected chi connectivity index (χ3v) is 4.17. The van der Waals surface area contributed by atoms with Crippen molar-refractivity contribution in [1.82, 2.24) is 10.6 Å². The van der Waals surface area contributed by atoms with Gasteiger partial charge in [0.2, 0.25) is 5.91 Å². The second-order valence-corrected chi connectivity index (χ2v) is 6.27. The average molecular weight is 320 g/mol. The van der Waals surface area contributed by atoms with Gasteiger partial charge < -0.3 is 15.1 Å². The minimum atomic E-state index is -0.309. The molecule has 2 aromatic rings. The summed E-state index contributed by atoms with van der Waals surface area (Å²) in [7, 11) is 0. The summed E-state index contributed by atoms with van der Waals surface area (Å²) in [5, 5.41) is 7.69. The molecular formula is C16H20N2O3S. The topological polar surface area (TPSA) is 71.3 Å². The van der Waals surface area contributed by atoms with Crippen molar-refractivity contribution in [2.24, 2.45) is 5.92 Å². The summed E-state index contributed by atoms with van der Waals surface area (Å²) in [6.45, 7) is 4.42. The Hall–Kier alpha value is -2.08. The molecule has 0 bridgehead atoms. The number of carbonyl (C=O) groups is 2. The standard InChI is InChI=1S/C16H20N2O3S/c1-11(2)15(13-6-4-10-22-13)18-14(19)7-8-17-16(20)12-5-3-9-21-12/h3-6,9-11,15H,7-8H2,1-2H3,(H,17,20)(H,18,19). The van der Waals surface area contributed by atoms with Gasteiger partial charge in [-0.3, -0.25) is 9.59 Å². The average Bonchev–Trinajstić information content (AvgIpc) is 3.17. The normalized spacial score (nSPS) is 12.1. The number of rotatable bonds is 7. The largest absolute Gasteiger partial charge is 0.459 e. The van der Waals surface area contributed by atoms with E-state index in [1.54, 1.807) is 23.5 Å². The molecule has 0 spiro atoms. The number of carbonyl (C=O) groups excluding carboxylic acids is 2. The van der Waals surface area contributed by atoms with Crippen molar-refractivity contribution in [2.45, 2.75) is 26.3 Å². The predicted molar refractivity (Wildman–Crippen MR) is 85.7 cm³/mol. The second-order valence-electron chi connectivity index (χ2n) is 5.29. The minimum absolute atomic E-state index is 0.00766. The summed E-state index contributed by atoms with van der Waals surface area (Å²) >= 11 is 1.63. The molecule has 22 heavy (non-hydrogen) atoms. The highest BCUT2D eigenvalue weighted by atomic mass is 32.1. The van der Waals surface area contributed by atoms with Crippen LogP contribution >= 0.6 is 11.3 Å². The Balaban J connectivity index is 1.78. The monoisotopic (exact) mass is 320 g/mol. The van der Waals surface area contributed by atoms with Gasteiger partial charge in [0, 0.05) is 17.8 Å². The Morgan fingerprint density at radius 2 is 2.09 bits per heavy atom. The van der Waals surface area contributed by atoms with Crippen LogP contribution in [-0.2, 0) is 4.79 Å². The lowest BCUT2D eigenvalue weighted by molar-refractivity contribution is -0.122. The molecule has 2 rings (SSSR count). The van der Waals surface area contributed by atoms with E-state index in [-0.39, 0.29) is 36.6 Å². The van der Waals surface area contributed by atoms with Gasteiger partial charge in [-0.05, 0) is 29.5 Å². The van der Waals surface area contributed by atoms with E-state index in [1.807, 2.05) is 17.5 Å². The fourth-order valence-corrected chi connectivity index (χ4v) is 3.01. The van der Waals surface area contributed by atoms with Gasteiger partial charge in [-0.2, -0.15) is 0 Å². The van der Waals surface area contributed by atoms with Gasteiger partial charge in [-0.1, -0.05) is 19.9 Å². The molecule has 0 aromatic carbocycles. The van der Waals surface area contributed by atoms with Gasteiger partial charge >= 0.3 is 0 Å². The molecule has 2 amide bonds. The van der Waals surface area contributed by atoms with E-state index in [4.69, 9.17) is 4.42 Å². The van der Waals surface area contributed by atoms with Crippen LogP contribution in [0.2, 0.25) is 0 Å². The van der Waals surface area contributed by atoms with Crippen LogP contribution < -0.4 is 10.6 Å². The molecule has 0 fully saturated rings. The number of thiophene rings is 1. The molecule has 2 N–H and O–H groups in total. The van der Waals surface area contributed by atoms with E-state index in [9.17, 15) is 9.59 Å². The van der Waals surface area contributed by atoms with Crippen LogP contribution in [0.25, 0.3) is 0 Å². The Bertz CT molecular complexity index is 591. The molecule has 0 aliphatic rings. The third kappa shape index (κ3) is 4.46. The van der Waals surface area contributed by atoms with Gasteiger partial charge in [0.1, 0.15) is 0 Å². The summed E-state index contributed by atoms with van der Waals surface area (Å²) in [6.07, 6.45) is 1.68. The van der Waals surface area contributed by atoms with Gasteiger partial charge in [0.05, 0.1) is 12.3 Å². The van der Waals surface area contributed by atoms with Gasteiger partial charge in [0.25, 0.3) is 5.91 Å². The zero-order valence-electron chi connectivity index (χ0n) is 12.7. The first-order chi connectivity index (χ1) is 10.6. The highest BCUT2D eigenvalue weighted by molar-refractivity contribution is 7.10. The van der Waals surface area contributed by atoms with Crippen molar-refractivity contribution in [3.8, 4) is 0 Å². The fraction of sp³-hybridized carbons (Fsp3) is 0.375. The molecular weight excluding hydrogens is 300 g/mol. The van der Waals surface area contributed by atoms with Crippen molar-refractivity contribution >= 4 is 23.2 Å². The Morgan fingerprint density at radius 3 is 2.68 bits per heavy atom. The number of hydrogen-bond acceptors (Lipinski definition) is 4. The zero-order chi connectivity index (χ0) is 15.9. The minimum Gasteiger partial charge on any atom is -0.459 e. The predicted octanol–water partition coefficient (Wildman–Crippen LogP) is 2.97. The lowest BCUT2D eigenvalue weighted by Gasteiger charge is -2.21. The van der Waals surface area contributed by atoms with Crippen molar-refractivity contribution in [3.63, 3.8) is 0 Å². The maximum atomic E-state index is 12.0. The number of furan rings is 1. The highest BCUT2D eigenvalue weighted by Gasteiger charge is 2.19. The van der Waals surface area contributed by atoms with Gasteiger partial charge in [-0.15, -0.1) is 11.3 Å². The van der Waals surface area contributed by atoms with Crippen molar-refractivity contribution in [3.05, 3.63) is 46.5 Å². The molecule has 0 saturated carbocycles. The smallest absolute Gasteiger partial charge is 0.286 e. The van der Waals surface area contributed by atoms with Crippen molar-refractivity contribution in [2.75, 3.05) is 6.54 Å². The maximum absolute atomic E-state index is 12.0. The van der Waals surface area contributed by atoms with E-state index in [1.165, 1.54) is 6.26 Å². The van der Waals surface area contributed by atoms with Crippen LogP contribution in [0.15, 0.2) is 40.3 Å². The summed E-state index contributed by atoms with van der Waals surface area (Å²) in [5.41, 5.74) is 0. The van der Waals surface area contributed by atoms with Gasteiger partial charge in [-0.25, -0.2) is 0 Å². The second kappa shape index (κ2) is 7.79. The van der Waals surface area contributed by atoms with Crippen molar-refractivity contribution in [1.29, 1.82) is 0 Å². The summed E-state index contributed by atoms with van der Waals surface area (Å²) in [6, 6.07) is 7.24. The molecule has 1 unspecified atom stereocenters. The zero-order valence-corrected chi connectivity index (χ0v) is 13.5. The number of hydrogen-bond donors (Lipinski definition) is 2. The SMILES string of the molecule is CC(C)C(NC(=O)CCNC(=O)c1ccco1)c1cccs1. The lowest BCUT2D eigenvalue weighted by atomic mass is 10.0. The first-order valence-electron chi connectivity index (χ1n) is 7.22. The summed E-state index contributed by atoms with van der Waals surface area (Å²) in [4.78, 5) is 24.9. The third-order valence-electron chi connectivity index (χ3n) is 3.22. The Morgan fingerprint density at radius 1 is 1.27 bits per heavy atom. The molecule has 5 nitrogen and oxygen atoms in total. The summed E-state index contributed by atoms with van der Waals surface area (Å²) < 4.78 is 4.99. The van der Waals surface area contributed by atoms with E-state index in [2.05, 4.69) is 24.5 Å². The van der Waals surface area contributed by atoms with Crippen LogP contribution in [0.1, 0.15) is 41.7 Å². The van der Waals surface area contributed by atoms with E-state index in [0.717, 1.165) is 4.88 Å². The molecule has 6 heteroatoms. The quantitative estimate of drug-likeness (QED) is 0.824. The molecule has 0 radical (unpaired) electrons. The highest BCUT2D eigenvalue weighted by Crippen LogP contribution is 2.25. The first-order valence-corrected chi connectivity index (χ1v) is 8.10. The molecule has 2 heterocycles. The lowest BCUT2D eigenvalue weighted by Crippen LogP contribution is -2.34. The molecule has 2 aromatic heterocycles. The van der Waals surface area contributed by atoms with E-state index in [0.29, 0.717) is 5.92 Å². The van der Waals surface area contributed by atoms with Crippen LogP contribution in [-0.4, -0.2) is 18.4 Å². The molecule has 0 aliphatic heterocycles. The number of amides is 2. The van der Waals surface area contributed by atoms with Crippen LogP contribution in [0.5, 0.6) is 0 Å². The van der Waals surface area contributed by atoms with Gasteiger partial charge in [0.15, 0.2) is 5.76 Å². The van der Waals surface area contributed by atoms with Crippen LogP contribution in [0, 0.1) is 5.92 Å². The van der Waals surface area contributed by atoms with Crippen LogP contribution in [0.4, 0.5) is 0 Å². The Labute approximate surface area is 133 Å². The first kappa shape index (κ1) is 16.3. The summed E-state index contributed by atoms with van der Waals surface area (Å²) in [5.74, 6) is 0.169. The number of nitrogens with one attached hydrogen (secondary N) is 2. The van der Waals surface area contributed by atoms with E-state index < -0.39 is 0 Å². The molecule has 118 valence electrons. The van der Waals surface area contributed by atoms with Crippen molar-refractivity contribution < 1.29 is 14.0 Å².